The third kappa shape index (κ3) is 12.5. The monoisotopic (exact) mass is 1220 g/mol. The molecule has 23 nitrogen and oxygen atoms in total. The molecule has 1 aliphatic rings. The molecule has 0 spiro atoms. The van der Waals surface area contributed by atoms with Gasteiger partial charge in [0, 0.05) is 56.2 Å². The van der Waals surface area contributed by atoms with Gasteiger partial charge in [0.05, 0.1) is 30.3 Å². The lowest BCUT2D eigenvalue weighted by Crippen LogP contribution is -2.50. The van der Waals surface area contributed by atoms with Crippen LogP contribution in [0.15, 0.2) is 93.6 Å². The van der Waals surface area contributed by atoms with Crippen LogP contribution in [0.25, 0.3) is 43.4 Å². The third-order valence-electron chi connectivity index (χ3n) is 13.1. The number of benzene rings is 2. The van der Waals surface area contributed by atoms with Gasteiger partial charge >= 0.3 is 0 Å². The summed E-state index contributed by atoms with van der Waals surface area (Å²) in [5, 5.41) is 54.6. The highest BCUT2D eigenvalue weighted by Gasteiger charge is 2.35. The average Bonchev–Trinajstić information content (AvgIpc) is 4.44. The number of hydrogen-bond acceptors (Lipinski definition) is 23. The molecule has 6 amide bonds. The number of pyridine rings is 1. The first-order valence-corrected chi connectivity index (χ1v) is 30.1. The molecule has 10 bridgehead atoms. The van der Waals surface area contributed by atoms with Crippen molar-refractivity contribution in [2.24, 2.45) is 23.1 Å². The minimum atomic E-state index is -1.42. The molecule has 9 aromatic rings. The van der Waals surface area contributed by atoms with Gasteiger partial charge in [0.1, 0.15) is 93.8 Å². The topological polar surface area (TPSA) is 380 Å². The van der Waals surface area contributed by atoms with Crippen molar-refractivity contribution in [1.82, 2.24) is 56.2 Å². The Morgan fingerprint density at radius 1 is 0.610 bits per heavy atom. The molecule has 29 heteroatoms. The van der Waals surface area contributed by atoms with Gasteiger partial charge in [-0.15, -0.1) is 68.0 Å². The van der Waals surface area contributed by atoms with Gasteiger partial charge in [0.2, 0.25) is 11.8 Å². The second kappa shape index (κ2) is 24.5. The quantitative estimate of drug-likeness (QED) is 0.0751. The maximum atomic E-state index is 14.8. The summed E-state index contributed by atoms with van der Waals surface area (Å²) < 4.78 is 0. The van der Waals surface area contributed by atoms with Gasteiger partial charge in [-0.1, -0.05) is 49.4 Å². The van der Waals surface area contributed by atoms with E-state index in [0.717, 1.165) is 45.3 Å². The fraction of sp³-hybridized carbons (Fsp3) is 0.226. The number of rotatable bonds is 11. The lowest BCUT2D eigenvalue weighted by molar-refractivity contribution is -0.124. The molecule has 420 valence electrons. The van der Waals surface area contributed by atoms with Crippen molar-refractivity contribution in [3.8, 4) is 49.1 Å². The highest BCUT2D eigenvalue weighted by molar-refractivity contribution is 7.15. The van der Waals surface area contributed by atoms with Crippen molar-refractivity contribution in [2.45, 2.75) is 63.1 Å². The largest absolute Gasteiger partial charge is 0.508 e. The van der Waals surface area contributed by atoms with Crippen LogP contribution in [0.2, 0.25) is 0 Å². The number of phenolic OH excluding ortho intramolecular Hbond substituents is 1. The van der Waals surface area contributed by atoms with Crippen molar-refractivity contribution < 1.29 is 44.1 Å². The number of aliphatic hydroxyl groups is 2. The molecule has 0 fully saturated rings. The number of thiazole rings is 6. The molecule has 8 heterocycles. The number of amides is 6. The van der Waals surface area contributed by atoms with E-state index in [1.54, 1.807) is 79.2 Å². The van der Waals surface area contributed by atoms with E-state index in [2.05, 4.69) is 36.2 Å². The molecule has 0 unspecified atom stereocenters. The Morgan fingerprint density at radius 3 is 1.94 bits per heavy atom. The van der Waals surface area contributed by atoms with Gasteiger partial charge in [0.25, 0.3) is 23.6 Å². The van der Waals surface area contributed by atoms with Crippen LogP contribution in [0.4, 0.5) is 0 Å². The number of primary amides is 2. The van der Waals surface area contributed by atoms with Gasteiger partial charge in [-0.3, -0.25) is 28.8 Å². The van der Waals surface area contributed by atoms with Gasteiger partial charge in [-0.05, 0) is 42.3 Å². The summed E-state index contributed by atoms with van der Waals surface area (Å²) in [7, 11) is 0. The average molecular weight is 1220 g/mol. The molecule has 7 aromatic heterocycles. The normalized spacial score (nSPS) is 18.1. The number of nitrogens with two attached hydrogens (primary N) is 3. The van der Waals surface area contributed by atoms with E-state index in [4.69, 9.17) is 37.1 Å². The minimum Gasteiger partial charge on any atom is -0.508 e. The SMILES string of the molecule is Cc1sc2nc1C(=O)N[C@@H]([C@H](O)c1ccccc1)c1nc(cs1)C(=O)N[C@@H](Cc1ccc(O)cc1)C(=O)N[C@@H]([C@@H](C)[C@@H](O)CN)c1nc(cs1)-c1nc(cs1)-c1nc(-c3nc(C(N)=O)cs3)ccc1-c1nc(cs1)C(=O)N[C@H]2CC(N)=O. The van der Waals surface area contributed by atoms with Gasteiger partial charge in [0.15, 0.2) is 0 Å². The first kappa shape index (κ1) is 57.1. The number of nitrogens with one attached hydrogen (secondary N) is 4. The number of aromatic nitrogens is 7. The van der Waals surface area contributed by atoms with Gasteiger partial charge in [-0.25, -0.2) is 34.9 Å². The van der Waals surface area contributed by atoms with Crippen LogP contribution in [0.1, 0.15) is 111 Å². The number of carbonyl (C=O) groups excluding carboxylic acids is 6. The van der Waals surface area contributed by atoms with E-state index in [9.17, 15) is 44.1 Å². The van der Waals surface area contributed by atoms with E-state index in [0.29, 0.717) is 64.4 Å². The number of phenols is 1. The highest BCUT2D eigenvalue weighted by Crippen LogP contribution is 2.40. The first-order chi connectivity index (χ1) is 39.4. The van der Waals surface area contributed by atoms with E-state index < -0.39 is 84.2 Å². The summed E-state index contributed by atoms with van der Waals surface area (Å²) >= 11 is 6.73. The Morgan fingerprint density at radius 2 is 1.23 bits per heavy atom. The van der Waals surface area contributed by atoms with E-state index in [1.807, 2.05) is 0 Å². The summed E-state index contributed by atoms with van der Waals surface area (Å²) in [6, 6.07) is 13.3. The van der Waals surface area contributed by atoms with Crippen LogP contribution in [0.5, 0.6) is 5.75 Å². The fourth-order valence-corrected chi connectivity index (χ4v) is 13.9. The zero-order valence-corrected chi connectivity index (χ0v) is 47.9. The molecule has 10 rings (SSSR count). The predicted octanol–water partition coefficient (Wildman–Crippen LogP) is 5.62. The van der Waals surface area contributed by atoms with Crippen LogP contribution in [0, 0.1) is 12.8 Å². The number of aromatic hydroxyl groups is 1. The smallest absolute Gasteiger partial charge is 0.271 e. The number of nitrogens with zero attached hydrogens (tertiary/aromatic N) is 7. The van der Waals surface area contributed by atoms with Crippen molar-refractivity contribution >= 4 is 103 Å². The van der Waals surface area contributed by atoms with E-state index in [-0.39, 0.29) is 51.5 Å². The molecular weight excluding hydrogens is 1170 g/mol. The van der Waals surface area contributed by atoms with Crippen LogP contribution in [0.3, 0.4) is 0 Å². The number of carbonyl (C=O) groups is 6. The summed E-state index contributed by atoms with van der Waals surface area (Å²) in [4.78, 5) is 116. The molecule has 7 atom stereocenters. The van der Waals surface area contributed by atoms with Gasteiger partial charge in [-0.2, -0.15) is 0 Å². The highest BCUT2D eigenvalue weighted by atomic mass is 32.1. The standard InChI is InChI=1S/C53H48N14O9S6/c1-22(36(69)16-54)38-52-64-35(21-81-52)50-60-31(17-78-50)40-27(12-13-28(57-40)49-61-32(18-79-49)43(56)72)48-62-33(19-77-48)46(75)59-30(15-37(55)70)51-67-39(23(2)82-51)47(76)66-41(42(71)25-6-4-3-5-7-25)53-63-34(20-80-53)45(74)58-29(44(73)65-38)14-24-8-10-26(68)11-9-24/h3-13,17-22,29-30,36,38,41-42,68-69,71H,14-16,54H2,1-2H3,(H2,55,70)(H2,56,72)(H,58,74)(H,59,75)(H,65,73)(H,66,76)/t22-,29-,30-,36-,38-,41-,42+/m0/s1. The molecule has 0 aliphatic carbocycles. The second-order valence-corrected chi connectivity index (χ2v) is 24.3. The number of hydrogen-bond donors (Lipinski definition) is 10. The summed E-state index contributed by atoms with van der Waals surface area (Å²) in [5.74, 6) is -5.14. The predicted molar refractivity (Wildman–Crippen MR) is 310 cm³/mol. The van der Waals surface area contributed by atoms with E-state index in [1.165, 1.54) is 50.9 Å². The first-order valence-electron chi connectivity index (χ1n) is 24.9. The minimum absolute atomic E-state index is 0.0188. The lowest BCUT2D eigenvalue weighted by atomic mass is 9.95. The van der Waals surface area contributed by atoms with Crippen LogP contribution >= 0.6 is 68.0 Å². The molecule has 82 heavy (non-hydrogen) atoms. The summed E-state index contributed by atoms with van der Waals surface area (Å²) in [6.07, 6.45) is -3.01. The van der Waals surface area contributed by atoms with E-state index >= 15 is 0 Å². The van der Waals surface area contributed by atoms with Crippen molar-refractivity contribution in [2.75, 3.05) is 6.54 Å². The maximum absolute atomic E-state index is 14.8. The molecule has 0 radical (unpaired) electrons. The Labute approximate surface area is 489 Å². The Balaban J connectivity index is 1.08. The van der Waals surface area contributed by atoms with Crippen LogP contribution in [-0.4, -0.2) is 104 Å². The Kier molecular flexibility index (Phi) is 17.1. The number of aliphatic hydroxyl groups excluding tert-OH is 2. The molecular formula is C53H48N14O9S6. The zero-order chi connectivity index (χ0) is 57.9. The van der Waals surface area contributed by atoms with Crippen molar-refractivity contribution in [3.63, 3.8) is 0 Å². The number of aryl methyl sites for hydroxylation is 1. The van der Waals surface area contributed by atoms with Crippen LogP contribution in [-0.2, 0) is 16.0 Å². The Bertz CT molecular complexity index is 3860. The second-order valence-electron chi connectivity index (χ2n) is 18.7. The Hall–Kier alpha value is -8.13. The molecule has 0 saturated carbocycles. The molecule has 13 N–H and O–H groups in total. The molecule has 0 saturated heterocycles. The number of fused-ring (bicyclic) bond motifs is 14. The van der Waals surface area contributed by atoms with Crippen molar-refractivity contribution in [3.05, 3.63) is 147 Å². The van der Waals surface area contributed by atoms with Crippen molar-refractivity contribution in [1.29, 1.82) is 0 Å². The fourth-order valence-electron chi connectivity index (χ4n) is 8.67. The zero-order valence-electron chi connectivity index (χ0n) is 43.0. The summed E-state index contributed by atoms with van der Waals surface area (Å²) in [6.45, 7) is 3.17. The third-order valence-corrected chi connectivity index (χ3v) is 18.6. The molecule has 1 aliphatic heterocycles. The van der Waals surface area contributed by atoms with Gasteiger partial charge < -0.3 is 53.8 Å². The summed E-state index contributed by atoms with van der Waals surface area (Å²) in [5.41, 5.74) is 20.0. The maximum Gasteiger partial charge on any atom is 0.271 e. The lowest BCUT2D eigenvalue weighted by Gasteiger charge is -2.29. The molecule has 2 aromatic carbocycles. The van der Waals surface area contributed by atoms with Crippen LogP contribution < -0.4 is 38.5 Å².